The largest absolute Gasteiger partial charge is 0.493 e. The maximum atomic E-state index is 12.6. The minimum Gasteiger partial charge on any atom is -0.493 e. The van der Waals surface area contributed by atoms with Crippen molar-refractivity contribution >= 4 is 17.5 Å². The van der Waals surface area contributed by atoms with Crippen molar-refractivity contribution in [1.82, 2.24) is 4.90 Å². The molecule has 0 aliphatic carbocycles. The van der Waals surface area contributed by atoms with E-state index in [1.807, 2.05) is 36.4 Å². The van der Waals surface area contributed by atoms with E-state index in [4.69, 9.17) is 9.47 Å². The Hall–Kier alpha value is -3.02. The first kappa shape index (κ1) is 19.7. The van der Waals surface area contributed by atoms with E-state index in [0.717, 1.165) is 24.0 Å². The van der Waals surface area contributed by atoms with Gasteiger partial charge in [-0.1, -0.05) is 19.1 Å². The van der Waals surface area contributed by atoms with E-state index >= 15 is 0 Å². The zero-order valence-electron chi connectivity index (χ0n) is 16.6. The Balaban J connectivity index is 1.61. The number of aryl methyl sites for hydroxylation is 1. The molecule has 0 saturated carbocycles. The van der Waals surface area contributed by atoms with Gasteiger partial charge in [0.1, 0.15) is 6.42 Å². The fourth-order valence-electron chi connectivity index (χ4n) is 3.37. The number of carbonyl (C=O) groups excluding carboxylic acids is 2. The van der Waals surface area contributed by atoms with Crippen molar-refractivity contribution < 1.29 is 19.1 Å². The number of carbonyl (C=O) groups is 2. The lowest BCUT2D eigenvalue weighted by Crippen LogP contribution is -2.37. The van der Waals surface area contributed by atoms with Crippen molar-refractivity contribution in [3.63, 3.8) is 0 Å². The third-order valence-electron chi connectivity index (χ3n) is 5.03. The van der Waals surface area contributed by atoms with Crippen LogP contribution < -0.4 is 14.8 Å². The average molecular weight is 382 g/mol. The number of hydrogen-bond acceptors (Lipinski definition) is 4. The Bertz CT molecular complexity index is 862. The molecule has 28 heavy (non-hydrogen) atoms. The fraction of sp³-hybridized carbons (Fsp3) is 0.364. The standard InChI is InChI=1S/C22H26N2O4/c1-4-15-5-7-18(8-6-15)23-21(25)13-22(26)24-10-9-16-11-19(27-2)20(28-3)12-17(16)14-24/h5-8,11-12H,4,9-10,13-14H2,1-3H3,(H,23,25). The third kappa shape index (κ3) is 4.44. The molecule has 1 aliphatic heterocycles. The van der Waals surface area contributed by atoms with E-state index in [-0.39, 0.29) is 18.2 Å². The number of amides is 2. The molecule has 148 valence electrons. The highest BCUT2D eigenvalue weighted by atomic mass is 16.5. The number of anilines is 1. The van der Waals surface area contributed by atoms with Crippen LogP contribution in [0.1, 0.15) is 30.0 Å². The van der Waals surface area contributed by atoms with Gasteiger partial charge in [0, 0.05) is 18.8 Å². The zero-order chi connectivity index (χ0) is 20.1. The van der Waals surface area contributed by atoms with E-state index in [1.54, 1.807) is 19.1 Å². The molecule has 0 radical (unpaired) electrons. The molecule has 1 N–H and O–H groups in total. The average Bonchev–Trinajstić information content (AvgIpc) is 2.72. The molecule has 2 amide bonds. The molecule has 2 aromatic rings. The maximum absolute atomic E-state index is 12.6. The molecule has 0 atom stereocenters. The molecule has 1 aliphatic rings. The van der Waals surface area contributed by atoms with Crippen molar-refractivity contribution in [3.8, 4) is 11.5 Å². The van der Waals surface area contributed by atoms with Crippen LogP contribution in [0.5, 0.6) is 11.5 Å². The molecule has 0 aromatic heterocycles. The highest BCUT2D eigenvalue weighted by Gasteiger charge is 2.24. The summed E-state index contributed by atoms with van der Waals surface area (Å²) >= 11 is 0. The number of rotatable bonds is 6. The smallest absolute Gasteiger partial charge is 0.233 e. The number of nitrogens with zero attached hydrogens (tertiary/aromatic N) is 1. The number of hydrogen-bond donors (Lipinski definition) is 1. The maximum Gasteiger partial charge on any atom is 0.233 e. The predicted molar refractivity (Wildman–Crippen MR) is 108 cm³/mol. The van der Waals surface area contributed by atoms with Gasteiger partial charge >= 0.3 is 0 Å². The number of benzene rings is 2. The van der Waals surface area contributed by atoms with Gasteiger partial charge in [-0.25, -0.2) is 0 Å². The van der Waals surface area contributed by atoms with Crippen LogP contribution in [0.4, 0.5) is 5.69 Å². The minimum atomic E-state index is -0.299. The van der Waals surface area contributed by atoms with Crippen LogP contribution >= 0.6 is 0 Å². The van der Waals surface area contributed by atoms with Gasteiger partial charge in [0.2, 0.25) is 11.8 Å². The van der Waals surface area contributed by atoms with Crippen LogP contribution in [-0.4, -0.2) is 37.5 Å². The molecule has 0 bridgehead atoms. The number of methoxy groups -OCH3 is 2. The lowest BCUT2D eigenvalue weighted by Gasteiger charge is -2.29. The normalized spacial score (nSPS) is 12.9. The van der Waals surface area contributed by atoms with Gasteiger partial charge in [0.05, 0.1) is 14.2 Å². The van der Waals surface area contributed by atoms with E-state index in [0.29, 0.717) is 30.3 Å². The van der Waals surface area contributed by atoms with Crippen LogP contribution in [0.2, 0.25) is 0 Å². The number of fused-ring (bicyclic) bond motifs is 1. The van der Waals surface area contributed by atoms with Crippen LogP contribution in [0.25, 0.3) is 0 Å². The molecule has 3 rings (SSSR count). The van der Waals surface area contributed by atoms with Gasteiger partial charge in [-0.15, -0.1) is 0 Å². The molecule has 2 aromatic carbocycles. The summed E-state index contributed by atoms with van der Waals surface area (Å²) in [5.41, 5.74) is 4.07. The quantitative estimate of drug-likeness (QED) is 0.779. The van der Waals surface area contributed by atoms with Crippen molar-refractivity contribution in [2.75, 3.05) is 26.1 Å². The molecule has 1 heterocycles. The molecule has 0 saturated heterocycles. The lowest BCUT2D eigenvalue weighted by molar-refractivity contribution is -0.135. The Morgan fingerprint density at radius 2 is 1.68 bits per heavy atom. The summed E-state index contributed by atoms with van der Waals surface area (Å²) in [5.74, 6) is 0.855. The molecule has 6 heteroatoms. The van der Waals surface area contributed by atoms with E-state index in [9.17, 15) is 9.59 Å². The summed E-state index contributed by atoms with van der Waals surface area (Å²) in [6.07, 6.45) is 1.50. The summed E-state index contributed by atoms with van der Waals surface area (Å²) in [4.78, 5) is 26.6. The first-order chi connectivity index (χ1) is 13.5. The Kier molecular flexibility index (Phi) is 6.19. The van der Waals surface area contributed by atoms with Gasteiger partial charge < -0.3 is 19.7 Å². The Morgan fingerprint density at radius 3 is 2.29 bits per heavy atom. The third-order valence-corrected chi connectivity index (χ3v) is 5.03. The summed E-state index contributed by atoms with van der Waals surface area (Å²) in [5, 5.41) is 2.79. The van der Waals surface area contributed by atoms with Gasteiger partial charge in [-0.2, -0.15) is 0 Å². The summed E-state index contributed by atoms with van der Waals surface area (Å²) in [7, 11) is 3.20. The second-order valence-corrected chi connectivity index (χ2v) is 6.82. The topological polar surface area (TPSA) is 67.9 Å². The van der Waals surface area contributed by atoms with Crippen molar-refractivity contribution in [2.45, 2.75) is 32.7 Å². The van der Waals surface area contributed by atoms with Crippen LogP contribution in [-0.2, 0) is 29.0 Å². The molecule has 0 spiro atoms. The molecule has 0 unspecified atom stereocenters. The van der Waals surface area contributed by atoms with Crippen molar-refractivity contribution in [2.24, 2.45) is 0 Å². The van der Waals surface area contributed by atoms with E-state index in [2.05, 4.69) is 12.2 Å². The second kappa shape index (κ2) is 8.78. The van der Waals surface area contributed by atoms with Crippen molar-refractivity contribution in [1.29, 1.82) is 0 Å². The number of nitrogens with one attached hydrogen (secondary N) is 1. The van der Waals surface area contributed by atoms with Crippen molar-refractivity contribution in [3.05, 3.63) is 53.1 Å². The monoisotopic (exact) mass is 382 g/mol. The fourth-order valence-corrected chi connectivity index (χ4v) is 3.37. The number of ether oxygens (including phenoxy) is 2. The highest BCUT2D eigenvalue weighted by molar-refractivity contribution is 6.03. The molecular formula is C22H26N2O4. The summed E-state index contributed by atoms with van der Waals surface area (Å²) in [6.45, 7) is 3.13. The van der Waals surface area contributed by atoms with Gasteiger partial charge in [0.25, 0.3) is 0 Å². The minimum absolute atomic E-state index is 0.168. The van der Waals surface area contributed by atoms with Crippen LogP contribution in [0.15, 0.2) is 36.4 Å². The van der Waals surface area contributed by atoms with Crippen LogP contribution in [0.3, 0.4) is 0 Å². The second-order valence-electron chi connectivity index (χ2n) is 6.82. The highest BCUT2D eigenvalue weighted by Crippen LogP contribution is 2.33. The van der Waals surface area contributed by atoms with E-state index < -0.39 is 0 Å². The van der Waals surface area contributed by atoms with Crippen LogP contribution in [0, 0.1) is 0 Å². The Labute approximate surface area is 165 Å². The SMILES string of the molecule is CCc1ccc(NC(=O)CC(=O)N2CCc3cc(OC)c(OC)cc3C2)cc1. The van der Waals surface area contributed by atoms with Gasteiger partial charge in [-0.05, 0) is 53.8 Å². The predicted octanol–water partition coefficient (Wildman–Crippen LogP) is 3.18. The zero-order valence-corrected chi connectivity index (χ0v) is 16.6. The van der Waals surface area contributed by atoms with E-state index in [1.165, 1.54) is 5.56 Å². The first-order valence-electron chi connectivity index (χ1n) is 9.44. The Morgan fingerprint density at radius 1 is 1.04 bits per heavy atom. The van der Waals surface area contributed by atoms with Gasteiger partial charge in [-0.3, -0.25) is 9.59 Å². The summed E-state index contributed by atoms with van der Waals surface area (Å²) in [6, 6.07) is 11.5. The molecule has 0 fully saturated rings. The first-order valence-corrected chi connectivity index (χ1v) is 9.44. The summed E-state index contributed by atoms with van der Waals surface area (Å²) < 4.78 is 10.7. The lowest BCUT2D eigenvalue weighted by atomic mass is 9.98. The molecule has 6 nitrogen and oxygen atoms in total. The van der Waals surface area contributed by atoms with Gasteiger partial charge in [0.15, 0.2) is 11.5 Å². The molecular weight excluding hydrogens is 356 g/mol.